The molecule has 0 amide bonds. The number of ether oxygens (including phenoxy) is 2. The summed E-state index contributed by atoms with van der Waals surface area (Å²) in [4.78, 5) is 11.7. The molecule has 0 aliphatic carbocycles. The number of hydrogen-bond acceptors (Lipinski definition) is 5. The van der Waals surface area contributed by atoms with Crippen molar-refractivity contribution in [2.24, 2.45) is 5.41 Å². The third-order valence-electron chi connectivity index (χ3n) is 5.52. The molecular formula is C20H34O5Si. The highest BCUT2D eigenvalue weighted by Gasteiger charge is 2.39. The Morgan fingerprint density at radius 3 is 2.27 bits per heavy atom. The van der Waals surface area contributed by atoms with Crippen LogP contribution in [0.15, 0.2) is 10.7 Å². The fraction of sp³-hybridized carbons (Fsp3) is 0.750. The third-order valence-corrected chi connectivity index (χ3v) is 10.00. The number of carbonyl (C=O) groups is 1. The summed E-state index contributed by atoms with van der Waals surface area (Å²) in [5, 5.41) is 0.116. The minimum absolute atomic E-state index is 0.00166. The molecule has 1 aromatic heterocycles. The summed E-state index contributed by atoms with van der Waals surface area (Å²) in [6.45, 7) is 18.7. The minimum Gasteiger partial charge on any atom is -0.468 e. The van der Waals surface area contributed by atoms with E-state index in [1.807, 2.05) is 6.92 Å². The molecule has 0 bridgehead atoms. The van der Waals surface area contributed by atoms with Crippen molar-refractivity contribution >= 4 is 14.6 Å². The Morgan fingerprint density at radius 1 is 1.19 bits per heavy atom. The van der Waals surface area contributed by atoms with Gasteiger partial charge in [0.1, 0.15) is 5.76 Å². The number of carbonyl (C=O) groups excluding carboxylic acids is 1. The predicted octanol–water partition coefficient (Wildman–Crippen LogP) is 4.95. The molecule has 1 aromatic rings. The van der Waals surface area contributed by atoms with Gasteiger partial charge in [0.15, 0.2) is 20.4 Å². The first-order valence-corrected chi connectivity index (χ1v) is 12.2. The molecule has 0 aromatic carbocycles. The van der Waals surface area contributed by atoms with E-state index >= 15 is 0 Å². The summed E-state index contributed by atoms with van der Waals surface area (Å²) in [6.07, 6.45) is 2.87. The van der Waals surface area contributed by atoms with Crippen LogP contribution in [-0.4, -0.2) is 33.6 Å². The third kappa shape index (κ3) is 4.85. The normalized spacial score (nSPS) is 20.2. The molecule has 1 fully saturated rings. The van der Waals surface area contributed by atoms with Crippen LogP contribution in [0, 0.1) is 5.41 Å². The van der Waals surface area contributed by atoms with E-state index in [-0.39, 0.29) is 10.5 Å². The standard InChI is InChI=1S/C20H34O5Si/c1-18(2,3)26(7,8)25-12-15-11-22-17(16(15)10-21)9-20(6)23-13-19(4,5)14-24-20/h10-11H,9,12-14H2,1-8H3. The van der Waals surface area contributed by atoms with Crippen LogP contribution in [0.4, 0.5) is 0 Å². The van der Waals surface area contributed by atoms with Gasteiger partial charge in [-0.3, -0.25) is 4.79 Å². The first-order chi connectivity index (χ1) is 11.8. The zero-order valence-electron chi connectivity index (χ0n) is 17.5. The van der Waals surface area contributed by atoms with Gasteiger partial charge in [0.05, 0.1) is 38.1 Å². The molecule has 0 saturated carbocycles. The lowest BCUT2D eigenvalue weighted by atomic mass is 9.94. The Balaban J connectivity index is 2.10. The van der Waals surface area contributed by atoms with Gasteiger partial charge in [0.25, 0.3) is 0 Å². The second kappa shape index (κ2) is 7.22. The van der Waals surface area contributed by atoms with Gasteiger partial charge in [0.2, 0.25) is 0 Å². The van der Waals surface area contributed by atoms with Crippen molar-refractivity contribution in [2.75, 3.05) is 13.2 Å². The molecule has 0 radical (unpaired) electrons. The fourth-order valence-electron chi connectivity index (χ4n) is 2.49. The Bertz CT molecular complexity index is 629. The first-order valence-electron chi connectivity index (χ1n) is 9.25. The fourth-order valence-corrected chi connectivity index (χ4v) is 3.44. The lowest BCUT2D eigenvalue weighted by Gasteiger charge is -2.41. The second-order valence-electron chi connectivity index (χ2n) is 9.82. The Morgan fingerprint density at radius 2 is 1.77 bits per heavy atom. The minimum atomic E-state index is -1.89. The molecule has 1 aliphatic heterocycles. The van der Waals surface area contributed by atoms with Crippen LogP contribution in [0.25, 0.3) is 0 Å². The Kier molecular flexibility index (Phi) is 5.93. The van der Waals surface area contributed by atoms with Crippen molar-refractivity contribution in [2.45, 2.75) is 78.5 Å². The number of furan rings is 1. The van der Waals surface area contributed by atoms with Crippen molar-refractivity contribution in [1.29, 1.82) is 0 Å². The lowest BCUT2D eigenvalue weighted by Crippen LogP contribution is -2.47. The monoisotopic (exact) mass is 382 g/mol. The zero-order chi connectivity index (χ0) is 19.8. The van der Waals surface area contributed by atoms with Crippen LogP contribution in [-0.2, 0) is 26.9 Å². The zero-order valence-corrected chi connectivity index (χ0v) is 18.5. The predicted molar refractivity (Wildman–Crippen MR) is 104 cm³/mol. The molecule has 148 valence electrons. The van der Waals surface area contributed by atoms with Gasteiger partial charge in [-0.2, -0.15) is 0 Å². The lowest BCUT2D eigenvalue weighted by molar-refractivity contribution is -0.289. The van der Waals surface area contributed by atoms with Gasteiger partial charge < -0.3 is 18.3 Å². The van der Waals surface area contributed by atoms with E-state index in [0.29, 0.717) is 37.6 Å². The molecule has 0 N–H and O–H groups in total. The number of hydrogen-bond donors (Lipinski definition) is 0. The molecule has 0 atom stereocenters. The maximum Gasteiger partial charge on any atom is 0.192 e. The summed E-state index contributed by atoms with van der Waals surface area (Å²) in [5.74, 6) is -0.182. The first kappa shape index (κ1) is 21.3. The van der Waals surface area contributed by atoms with Gasteiger partial charge in [-0.05, 0) is 25.1 Å². The highest BCUT2D eigenvalue weighted by molar-refractivity contribution is 6.74. The average molecular weight is 383 g/mol. The molecule has 6 heteroatoms. The van der Waals surface area contributed by atoms with Gasteiger partial charge in [-0.25, -0.2) is 0 Å². The molecule has 1 saturated heterocycles. The van der Waals surface area contributed by atoms with Crippen LogP contribution < -0.4 is 0 Å². The molecule has 0 spiro atoms. The second-order valence-corrected chi connectivity index (χ2v) is 14.6. The summed E-state index contributed by atoms with van der Waals surface area (Å²) in [6, 6.07) is 0. The van der Waals surface area contributed by atoms with Crippen LogP contribution in [0.5, 0.6) is 0 Å². The Hall–Kier alpha value is -0.953. The quantitative estimate of drug-likeness (QED) is 0.515. The van der Waals surface area contributed by atoms with E-state index < -0.39 is 14.1 Å². The number of aldehydes is 1. The summed E-state index contributed by atoms with van der Waals surface area (Å²) < 4.78 is 23.8. The maximum absolute atomic E-state index is 11.7. The highest BCUT2D eigenvalue weighted by Crippen LogP contribution is 2.38. The van der Waals surface area contributed by atoms with Crippen molar-refractivity contribution in [3.05, 3.63) is 23.2 Å². The van der Waals surface area contributed by atoms with Gasteiger partial charge in [0, 0.05) is 11.0 Å². The van der Waals surface area contributed by atoms with E-state index in [1.165, 1.54) is 0 Å². The van der Waals surface area contributed by atoms with Crippen molar-refractivity contribution in [3.8, 4) is 0 Å². The van der Waals surface area contributed by atoms with E-state index in [2.05, 4.69) is 47.7 Å². The SMILES string of the molecule is CC1(C)COC(C)(Cc2occ(CO[Si](C)(C)C(C)(C)C)c2C=O)OC1. The molecule has 1 aliphatic rings. The van der Waals surface area contributed by atoms with Crippen molar-refractivity contribution in [1.82, 2.24) is 0 Å². The van der Waals surface area contributed by atoms with Crippen molar-refractivity contribution in [3.63, 3.8) is 0 Å². The summed E-state index contributed by atoms with van der Waals surface area (Å²) >= 11 is 0. The van der Waals surface area contributed by atoms with E-state index in [9.17, 15) is 4.79 Å². The van der Waals surface area contributed by atoms with Crippen LogP contribution >= 0.6 is 0 Å². The number of rotatable bonds is 6. The molecule has 2 rings (SSSR count). The van der Waals surface area contributed by atoms with Crippen LogP contribution in [0.3, 0.4) is 0 Å². The molecule has 26 heavy (non-hydrogen) atoms. The highest BCUT2D eigenvalue weighted by atomic mass is 28.4. The average Bonchev–Trinajstić information content (AvgIpc) is 2.89. The van der Waals surface area contributed by atoms with Crippen LogP contribution in [0.2, 0.25) is 18.1 Å². The summed E-state index contributed by atoms with van der Waals surface area (Å²) in [7, 11) is -1.89. The van der Waals surface area contributed by atoms with Crippen LogP contribution in [0.1, 0.15) is 63.2 Å². The molecule has 0 unspecified atom stereocenters. The molecular weight excluding hydrogens is 348 g/mol. The van der Waals surface area contributed by atoms with E-state index in [4.69, 9.17) is 18.3 Å². The van der Waals surface area contributed by atoms with Gasteiger partial charge in [-0.15, -0.1) is 0 Å². The van der Waals surface area contributed by atoms with E-state index in [1.54, 1.807) is 6.26 Å². The van der Waals surface area contributed by atoms with Crippen molar-refractivity contribution < 1.29 is 23.1 Å². The molecule has 2 heterocycles. The van der Waals surface area contributed by atoms with Gasteiger partial charge in [-0.1, -0.05) is 34.6 Å². The summed E-state index contributed by atoms with van der Waals surface area (Å²) in [5.41, 5.74) is 1.35. The largest absolute Gasteiger partial charge is 0.468 e. The van der Waals surface area contributed by atoms with E-state index in [0.717, 1.165) is 11.8 Å². The maximum atomic E-state index is 11.7. The Labute approximate surface area is 158 Å². The smallest absolute Gasteiger partial charge is 0.192 e. The molecule has 5 nitrogen and oxygen atoms in total. The van der Waals surface area contributed by atoms with Gasteiger partial charge >= 0.3 is 0 Å². The topological polar surface area (TPSA) is 57.9 Å².